The van der Waals surface area contributed by atoms with Crippen LogP contribution in [0.5, 0.6) is 0 Å². The van der Waals surface area contributed by atoms with Crippen molar-refractivity contribution < 1.29 is 25.3 Å². The first-order valence-electron chi connectivity index (χ1n) is 10.1. The van der Waals surface area contributed by atoms with Gasteiger partial charge >= 0.3 is 0 Å². The molecule has 0 amide bonds. The summed E-state index contributed by atoms with van der Waals surface area (Å²) in [6.07, 6.45) is 1.62. The van der Waals surface area contributed by atoms with Crippen LogP contribution < -0.4 is 0 Å². The number of sulfonamides is 3. The lowest BCUT2D eigenvalue weighted by Gasteiger charge is -2.33. The lowest BCUT2D eigenvalue weighted by atomic mass is 10.0. The third-order valence-corrected chi connectivity index (χ3v) is 11.5. The number of benzene rings is 1. The predicted molar refractivity (Wildman–Crippen MR) is 113 cm³/mol. The molecule has 2 aliphatic heterocycles. The Labute approximate surface area is 179 Å². The van der Waals surface area contributed by atoms with Gasteiger partial charge in [-0.25, -0.2) is 25.3 Å². The van der Waals surface area contributed by atoms with E-state index in [1.54, 1.807) is 6.92 Å². The molecule has 12 heteroatoms. The lowest BCUT2D eigenvalue weighted by Crippen LogP contribution is -2.50. The molecule has 2 fully saturated rings. The predicted octanol–water partition coefficient (Wildman–Crippen LogP) is 0.763. The van der Waals surface area contributed by atoms with Crippen LogP contribution in [-0.2, 0) is 30.1 Å². The van der Waals surface area contributed by atoms with Crippen LogP contribution in [0, 0.1) is 5.92 Å². The van der Waals surface area contributed by atoms with Gasteiger partial charge in [0.05, 0.1) is 15.5 Å². The van der Waals surface area contributed by atoms with Gasteiger partial charge in [0.1, 0.15) is 0 Å². The summed E-state index contributed by atoms with van der Waals surface area (Å²) in [5.74, 6) is 0.475. The van der Waals surface area contributed by atoms with Crippen LogP contribution in [0.1, 0.15) is 26.7 Å². The summed E-state index contributed by atoms with van der Waals surface area (Å²) in [5, 5.41) is 0. The van der Waals surface area contributed by atoms with Crippen molar-refractivity contribution in [3.63, 3.8) is 0 Å². The summed E-state index contributed by atoms with van der Waals surface area (Å²) < 4.78 is 79.4. The van der Waals surface area contributed by atoms with Crippen LogP contribution in [0.3, 0.4) is 0 Å². The largest absolute Gasteiger partial charge is 0.243 e. The molecule has 0 radical (unpaired) electrons. The maximum atomic E-state index is 12.9. The molecule has 1 aromatic rings. The van der Waals surface area contributed by atoms with E-state index in [0.717, 1.165) is 12.8 Å². The number of piperidine rings is 1. The average molecular weight is 480 g/mol. The molecule has 0 spiro atoms. The highest BCUT2D eigenvalue weighted by Crippen LogP contribution is 2.25. The quantitative estimate of drug-likeness (QED) is 0.596. The minimum absolute atomic E-state index is 0.000477. The highest BCUT2D eigenvalue weighted by molar-refractivity contribution is 7.90. The molecule has 3 rings (SSSR count). The van der Waals surface area contributed by atoms with Crippen molar-refractivity contribution in [1.29, 1.82) is 0 Å². The Balaban J connectivity index is 1.73. The molecule has 2 aliphatic rings. The van der Waals surface area contributed by atoms with E-state index in [2.05, 4.69) is 6.92 Å². The van der Waals surface area contributed by atoms with E-state index in [-0.39, 0.29) is 41.7 Å². The Morgan fingerprint density at radius 2 is 1.07 bits per heavy atom. The molecule has 0 saturated carbocycles. The van der Waals surface area contributed by atoms with E-state index in [4.69, 9.17) is 0 Å². The molecule has 0 N–H and O–H groups in total. The van der Waals surface area contributed by atoms with Gasteiger partial charge in [-0.3, -0.25) is 0 Å². The van der Waals surface area contributed by atoms with Gasteiger partial charge in [0.2, 0.25) is 30.1 Å². The fourth-order valence-electron chi connectivity index (χ4n) is 3.68. The van der Waals surface area contributed by atoms with Gasteiger partial charge in [0.15, 0.2) is 0 Å². The maximum Gasteiger partial charge on any atom is 0.243 e. The molecular weight excluding hydrogens is 450 g/mol. The van der Waals surface area contributed by atoms with Gasteiger partial charge in [0.25, 0.3) is 0 Å². The van der Waals surface area contributed by atoms with Crippen LogP contribution >= 0.6 is 0 Å². The Hall–Kier alpha value is -1.05. The second-order valence-corrected chi connectivity index (χ2v) is 13.9. The molecule has 2 heterocycles. The van der Waals surface area contributed by atoms with Crippen LogP contribution in [-0.4, -0.2) is 83.2 Å². The fourth-order valence-corrected chi connectivity index (χ4v) is 7.65. The second kappa shape index (κ2) is 8.83. The standard InChI is InChI=1S/C18H29N3O6S3/c1-3-28(22,23)19-12-14-21(15-13-19)30(26,27)18-6-4-17(5-7-18)29(24,25)20-10-8-16(2)9-11-20/h4-7,16H,3,8-15H2,1-2H3. The lowest BCUT2D eigenvalue weighted by molar-refractivity contribution is 0.273. The highest BCUT2D eigenvalue weighted by atomic mass is 32.2. The minimum atomic E-state index is -3.83. The summed E-state index contributed by atoms with van der Waals surface area (Å²) in [6, 6.07) is 5.28. The average Bonchev–Trinajstić information content (AvgIpc) is 2.74. The summed E-state index contributed by atoms with van der Waals surface area (Å²) >= 11 is 0. The van der Waals surface area contributed by atoms with E-state index in [1.807, 2.05) is 0 Å². The number of rotatable bonds is 6. The van der Waals surface area contributed by atoms with Crippen molar-refractivity contribution >= 4 is 30.1 Å². The molecule has 0 aliphatic carbocycles. The molecule has 0 atom stereocenters. The van der Waals surface area contributed by atoms with Gasteiger partial charge in [0, 0.05) is 39.3 Å². The van der Waals surface area contributed by atoms with Crippen molar-refractivity contribution in [2.24, 2.45) is 5.92 Å². The normalized spacial score (nSPS) is 21.7. The summed E-state index contributed by atoms with van der Waals surface area (Å²) in [4.78, 5) is 0.0791. The van der Waals surface area contributed by atoms with Crippen molar-refractivity contribution in [3.8, 4) is 0 Å². The third kappa shape index (κ3) is 4.73. The molecule has 170 valence electrons. The van der Waals surface area contributed by atoms with Crippen LogP contribution in [0.25, 0.3) is 0 Å². The summed E-state index contributed by atoms with van der Waals surface area (Å²) in [5.41, 5.74) is 0. The topological polar surface area (TPSA) is 112 Å². The van der Waals surface area contributed by atoms with Crippen LogP contribution in [0.2, 0.25) is 0 Å². The van der Waals surface area contributed by atoms with Crippen LogP contribution in [0.4, 0.5) is 0 Å². The molecule has 2 saturated heterocycles. The molecule has 1 aromatic carbocycles. The minimum Gasteiger partial charge on any atom is -0.212 e. The Bertz CT molecular complexity index is 1050. The molecule has 0 bridgehead atoms. The van der Waals surface area contributed by atoms with Crippen molar-refractivity contribution in [3.05, 3.63) is 24.3 Å². The number of nitrogens with zero attached hydrogens (tertiary/aromatic N) is 3. The van der Waals surface area contributed by atoms with Gasteiger partial charge in [-0.15, -0.1) is 0 Å². The molecule has 9 nitrogen and oxygen atoms in total. The zero-order valence-electron chi connectivity index (χ0n) is 17.3. The van der Waals surface area contributed by atoms with Crippen LogP contribution in [0.15, 0.2) is 34.1 Å². The van der Waals surface area contributed by atoms with E-state index >= 15 is 0 Å². The monoisotopic (exact) mass is 479 g/mol. The van der Waals surface area contributed by atoms with E-state index in [9.17, 15) is 25.3 Å². The van der Waals surface area contributed by atoms with Gasteiger partial charge in [-0.1, -0.05) is 6.92 Å². The Morgan fingerprint density at radius 3 is 1.47 bits per heavy atom. The first-order valence-corrected chi connectivity index (χ1v) is 14.6. The number of piperazine rings is 1. The molecule has 0 unspecified atom stereocenters. The number of hydrogen-bond acceptors (Lipinski definition) is 6. The summed E-state index contributed by atoms with van der Waals surface area (Å²) in [6.45, 7) is 4.92. The van der Waals surface area contributed by atoms with Gasteiger partial charge in [-0.2, -0.15) is 12.9 Å². The highest BCUT2D eigenvalue weighted by Gasteiger charge is 2.33. The SMILES string of the molecule is CCS(=O)(=O)N1CCN(S(=O)(=O)c2ccc(S(=O)(=O)N3CCC(C)CC3)cc2)CC1. The van der Waals surface area contributed by atoms with Gasteiger partial charge < -0.3 is 0 Å². The smallest absolute Gasteiger partial charge is 0.212 e. The number of hydrogen-bond donors (Lipinski definition) is 0. The zero-order chi connectivity index (χ0) is 22.2. The maximum absolute atomic E-state index is 12.9. The first-order chi connectivity index (χ1) is 14.0. The van der Waals surface area contributed by atoms with Crippen molar-refractivity contribution in [2.45, 2.75) is 36.5 Å². The Morgan fingerprint density at radius 1 is 0.700 bits per heavy atom. The molecule has 30 heavy (non-hydrogen) atoms. The fraction of sp³-hybridized carbons (Fsp3) is 0.667. The van der Waals surface area contributed by atoms with E-state index < -0.39 is 30.1 Å². The van der Waals surface area contributed by atoms with E-state index in [0.29, 0.717) is 19.0 Å². The summed E-state index contributed by atoms with van der Waals surface area (Å²) in [7, 11) is -10.8. The molecular formula is C18H29N3O6S3. The van der Waals surface area contributed by atoms with E-state index in [1.165, 1.54) is 37.2 Å². The first kappa shape index (κ1) is 23.6. The molecule has 0 aromatic heterocycles. The van der Waals surface area contributed by atoms with Crippen molar-refractivity contribution in [2.75, 3.05) is 45.0 Å². The Kier molecular flexibility index (Phi) is 6.95. The van der Waals surface area contributed by atoms with Crippen molar-refractivity contribution in [1.82, 2.24) is 12.9 Å². The second-order valence-electron chi connectivity index (χ2n) is 7.76. The zero-order valence-corrected chi connectivity index (χ0v) is 19.7. The van der Waals surface area contributed by atoms with Gasteiger partial charge in [-0.05, 0) is 49.9 Å². The third-order valence-electron chi connectivity index (χ3n) is 5.80.